The van der Waals surface area contributed by atoms with E-state index in [1.807, 2.05) is 6.20 Å². The molecule has 0 aliphatic rings. The molecule has 0 saturated heterocycles. The molecule has 1 aromatic carbocycles. The lowest BCUT2D eigenvalue weighted by Crippen LogP contribution is -2.21. The molecule has 1 unspecified atom stereocenters. The first-order valence-electron chi connectivity index (χ1n) is 7.04. The minimum absolute atomic E-state index is 0.231. The highest BCUT2D eigenvalue weighted by atomic mass is 32.2. The molecule has 0 fully saturated rings. The third-order valence-electron chi connectivity index (χ3n) is 3.36. The molecule has 106 valence electrons. The lowest BCUT2D eigenvalue weighted by molar-refractivity contribution is 0.644. The normalized spacial score (nSPS) is 12.4. The average molecular weight is 286 g/mol. The quantitative estimate of drug-likeness (QED) is 0.898. The van der Waals surface area contributed by atoms with Crippen molar-refractivity contribution in [2.24, 2.45) is 5.73 Å². The minimum atomic E-state index is 0.231. The summed E-state index contributed by atoms with van der Waals surface area (Å²) in [5, 5.41) is 1.03. The molecule has 2 rings (SSSR count). The van der Waals surface area contributed by atoms with E-state index >= 15 is 0 Å². The van der Waals surface area contributed by atoms with Gasteiger partial charge in [0.25, 0.3) is 0 Å². The van der Waals surface area contributed by atoms with Gasteiger partial charge in [-0.3, -0.25) is 0 Å². The second kappa shape index (κ2) is 6.91. The number of hydrogen-bond acceptors (Lipinski definition) is 3. The number of nitrogens with two attached hydrogens (primary N) is 1. The number of pyridine rings is 1. The van der Waals surface area contributed by atoms with Crippen LogP contribution in [0.2, 0.25) is 0 Å². The lowest BCUT2D eigenvalue weighted by Gasteiger charge is -2.09. The Labute approximate surface area is 125 Å². The van der Waals surface area contributed by atoms with Gasteiger partial charge >= 0.3 is 0 Å². The molecule has 0 aliphatic heterocycles. The van der Waals surface area contributed by atoms with Gasteiger partial charge < -0.3 is 5.73 Å². The number of benzene rings is 1. The molecule has 2 aromatic rings. The Balaban J connectivity index is 2.07. The highest BCUT2D eigenvalue weighted by molar-refractivity contribution is 7.99. The van der Waals surface area contributed by atoms with Gasteiger partial charge in [0.15, 0.2) is 0 Å². The Morgan fingerprint density at radius 3 is 2.60 bits per heavy atom. The van der Waals surface area contributed by atoms with Gasteiger partial charge in [0.1, 0.15) is 5.03 Å². The van der Waals surface area contributed by atoms with E-state index in [1.165, 1.54) is 21.6 Å². The molecule has 20 heavy (non-hydrogen) atoms. The second-order valence-corrected chi connectivity index (χ2v) is 6.31. The van der Waals surface area contributed by atoms with Gasteiger partial charge in [0.2, 0.25) is 0 Å². The van der Waals surface area contributed by atoms with Crippen LogP contribution in [-0.2, 0) is 6.42 Å². The summed E-state index contributed by atoms with van der Waals surface area (Å²) < 4.78 is 0. The Morgan fingerprint density at radius 2 is 2.00 bits per heavy atom. The highest BCUT2D eigenvalue weighted by Crippen LogP contribution is 2.29. The van der Waals surface area contributed by atoms with Gasteiger partial charge in [0, 0.05) is 17.1 Å². The van der Waals surface area contributed by atoms with E-state index in [0.717, 1.165) is 17.9 Å². The first kappa shape index (κ1) is 15.1. The Bertz CT molecular complexity index is 564. The third kappa shape index (κ3) is 4.09. The van der Waals surface area contributed by atoms with Gasteiger partial charge in [-0.05, 0) is 49.9 Å². The summed E-state index contributed by atoms with van der Waals surface area (Å²) >= 11 is 1.71. The first-order chi connectivity index (χ1) is 9.58. The number of hydrogen-bond donors (Lipinski definition) is 1. The second-order valence-electron chi connectivity index (χ2n) is 5.25. The molecular weight excluding hydrogens is 264 g/mol. The summed E-state index contributed by atoms with van der Waals surface area (Å²) in [5.74, 6) is 0. The maximum Gasteiger partial charge on any atom is 0.101 e. The largest absolute Gasteiger partial charge is 0.327 e. The van der Waals surface area contributed by atoms with Crippen LogP contribution in [-0.4, -0.2) is 11.0 Å². The van der Waals surface area contributed by atoms with Crippen LogP contribution in [0.1, 0.15) is 30.0 Å². The number of rotatable bonds is 5. The third-order valence-corrected chi connectivity index (χ3v) is 4.49. The molecule has 1 aromatic heterocycles. The molecule has 1 heterocycles. The molecule has 0 spiro atoms. The summed E-state index contributed by atoms with van der Waals surface area (Å²) in [6.07, 6.45) is 3.85. The van der Waals surface area contributed by atoms with Crippen LogP contribution in [0.25, 0.3) is 0 Å². The summed E-state index contributed by atoms with van der Waals surface area (Å²) in [5.41, 5.74) is 9.77. The fourth-order valence-corrected chi connectivity index (χ4v) is 2.89. The molecule has 0 bridgehead atoms. The van der Waals surface area contributed by atoms with Crippen LogP contribution in [0.15, 0.2) is 46.5 Å². The Morgan fingerprint density at radius 1 is 1.20 bits per heavy atom. The minimum Gasteiger partial charge on any atom is -0.327 e. The molecule has 0 aliphatic carbocycles. The maximum atomic E-state index is 5.97. The van der Waals surface area contributed by atoms with E-state index < -0.39 is 0 Å². The van der Waals surface area contributed by atoms with Crippen LogP contribution >= 0.6 is 11.8 Å². The molecule has 3 heteroatoms. The zero-order chi connectivity index (χ0) is 14.5. The van der Waals surface area contributed by atoms with Crippen LogP contribution < -0.4 is 5.73 Å². The fourth-order valence-electron chi connectivity index (χ4n) is 2.07. The van der Waals surface area contributed by atoms with Crippen molar-refractivity contribution in [3.63, 3.8) is 0 Å². The molecule has 0 radical (unpaired) electrons. The van der Waals surface area contributed by atoms with Crippen molar-refractivity contribution in [2.75, 3.05) is 0 Å². The van der Waals surface area contributed by atoms with Crippen molar-refractivity contribution in [1.29, 1.82) is 0 Å². The van der Waals surface area contributed by atoms with Gasteiger partial charge in [-0.15, -0.1) is 0 Å². The first-order valence-corrected chi connectivity index (χ1v) is 7.85. The van der Waals surface area contributed by atoms with Crippen LogP contribution in [0.5, 0.6) is 0 Å². The monoisotopic (exact) mass is 286 g/mol. The van der Waals surface area contributed by atoms with Gasteiger partial charge in [-0.25, -0.2) is 4.98 Å². The fraction of sp³-hybridized carbons (Fsp3) is 0.353. The zero-order valence-corrected chi connectivity index (χ0v) is 13.2. The van der Waals surface area contributed by atoms with E-state index in [9.17, 15) is 0 Å². The van der Waals surface area contributed by atoms with Crippen LogP contribution in [0, 0.1) is 13.8 Å². The zero-order valence-electron chi connectivity index (χ0n) is 12.4. The van der Waals surface area contributed by atoms with Gasteiger partial charge in [-0.2, -0.15) is 0 Å². The number of aryl methyl sites for hydroxylation is 2. The Hall–Kier alpha value is -1.32. The summed E-state index contributed by atoms with van der Waals surface area (Å²) in [4.78, 5) is 5.80. The van der Waals surface area contributed by atoms with Crippen molar-refractivity contribution in [2.45, 2.75) is 49.6 Å². The molecular formula is C17H22N2S. The molecule has 2 nitrogen and oxygen atoms in total. The van der Waals surface area contributed by atoms with E-state index in [4.69, 9.17) is 5.73 Å². The smallest absolute Gasteiger partial charge is 0.101 e. The highest BCUT2D eigenvalue weighted by Gasteiger charge is 2.05. The maximum absolute atomic E-state index is 5.97. The van der Waals surface area contributed by atoms with Crippen molar-refractivity contribution in [3.05, 3.63) is 53.2 Å². The van der Waals surface area contributed by atoms with Crippen molar-refractivity contribution in [3.8, 4) is 0 Å². The molecule has 1 atom stereocenters. The van der Waals surface area contributed by atoms with Crippen LogP contribution in [0.4, 0.5) is 0 Å². The van der Waals surface area contributed by atoms with Crippen LogP contribution in [0.3, 0.4) is 0 Å². The lowest BCUT2D eigenvalue weighted by atomic mass is 10.1. The topological polar surface area (TPSA) is 38.9 Å². The van der Waals surface area contributed by atoms with E-state index in [-0.39, 0.29) is 6.04 Å². The van der Waals surface area contributed by atoms with Crippen molar-refractivity contribution in [1.82, 2.24) is 4.98 Å². The standard InChI is InChI=1S/C17H22N2S/c1-4-15(18)10-14-6-8-17(19-11-14)20-16-7-5-12(2)9-13(16)3/h5-9,11,15H,4,10,18H2,1-3H3. The predicted octanol–water partition coefficient (Wildman–Crippen LogP) is 4.13. The number of aromatic nitrogens is 1. The van der Waals surface area contributed by atoms with Crippen molar-refractivity contribution < 1.29 is 0 Å². The summed E-state index contributed by atoms with van der Waals surface area (Å²) in [6.45, 7) is 6.37. The van der Waals surface area contributed by atoms with E-state index in [2.05, 4.69) is 56.1 Å². The van der Waals surface area contributed by atoms with Gasteiger partial charge in [0.05, 0.1) is 0 Å². The molecule has 2 N–H and O–H groups in total. The summed E-state index contributed by atoms with van der Waals surface area (Å²) in [7, 11) is 0. The van der Waals surface area contributed by atoms with Crippen molar-refractivity contribution >= 4 is 11.8 Å². The SMILES string of the molecule is CCC(N)Cc1ccc(Sc2ccc(C)cc2C)nc1. The summed E-state index contributed by atoms with van der Waals surface area (Å²) in [6, 6.07) is 11.0. The Kier molecular flexibility index (Phi) is 5.21. The molecule has 0 amide bonds. The van der Waals surface area contributed by atoms with E-state index in [0.29, 0.717) is 0 Å². The average Bonchev–Trinajstić information content (AvgIpc) is 2.44. The predicted molar refractivity (Wildman–Crippen MR) is 86.2 cm³/mol. The van der Waals surface area contributed by atoms with E-state index in [1.54, 1.807) is 11.8 Å². The molecule has 0 saturated carbocycles. The van der Waals surface area contributed by atoms with Gasteiger partial charge in [-0.1, -0.05) is 42.4 Å². The number of nitrogens with zero attached hydrogens (tertiary/aromatic N) is 1.